The van der Waals surface area contributed by atoms with Gasteiger partial charge in [-0.2, -0.15) is 0 Å². The number of benzene rings is 2. The Morgan fingerprint density at radius 1 is 1.05 bits per heavy atom. The van der Waals surface area contributed by atoms with Gasteiger partial charge in [0.2, 0.25) is 0 Å². The molecule has 21 heavy (non-hydrogen) atoms. The molecule has 1 aliphatic rings. The molecule has 4 N–H and O–H groups in total. The van der Waals surface area contributed by atoms with E-state index in [1.807, 2.05) is 50.2 Å². The molecular weight excluding hydrogens is 262 g/mol. The van der Waals surface area contributed by atoms with E-state index in [2.05, 4.69) is 16.7 Å². The predicted octanol–water partition coefficient (Wildman–Crippen LogP) is 2.99. The number of carbonyl (C=O) groups is 1. The fraction of sp³-hybridized carbons (Fsp3) is 0.118. The molecular formula is C17H17N3O. The normalized spacial score (nSPS) is 13.2. The highest BCUT2D eigenvalue weighted by Crippen LogP contribution is 2.36. The number of nitrogens with one attached hydrogen (secondary N) is 2. The average Bonchev–Trinajstić information content (AvgIpc) is 2.46. The summed E-state index contributed by atoms with van der Waals surface area (Å²) in [6.45, 7) is 4.06. The fourth-order valence-electron chi connectivity index (χ4n) is 2.62. The summed E-state index contributed by atoms with van der Waals surface area (Å²) in [7, 11) is 0. The summed E-state index contributed by atoms with van der Waals surface area (Å²) in [5.41, 5.74) is 11.7. The van der Waals surface area contributed by atoms with Crippen LogP contribution in [0.25, 0.3) is 5.70 Å². The van der Waals surface area contributed by atoms with Gasteiger partial charge in [-0.3, -0.25) is 4.79 Å². The summed E-state index contributed by atoms with van der Waals surface area (Å²) < 4.78 is 0. The Hall–Kier alpha value is -2.75. The van der Waals surface area contributed by atoms with Crippen LogP contribution in [0.4, 0.5) is 11.4 Å². The van der Waals surface area contributed by atoms with Gasteiger partial charge in [-0.1, -0.05) is 36.4 Å². The summed E-state index contributed by atoms with van der Waals surface area (Å²) in [6, 6.07) is 13.8. The van der Waals surface area contributed by atoms with Crippen molar-refractivity contribution in [2.24, 2.45) is 5.73 Å². The van der Waals surface area contributed by atoms with Crippen LogP contribution in [0.3, 0.4) is 0 Å². The zero-order valence-electron chi connectivity index (χ0n) is 12.0. The Bertz CT molecular complexity index is 748. The van der Waals surface area contributed by atoms with Gasteiger partial charge in [0, 0.05) is 5.56 Å². The third-order valence-electron chi connectivity index (χ3n) is 3.55. The molecule has 0 saturated carbocycles. The van der Waals surface area contributed by atoms with E-state index in [1.54, 1.807) is 0 Å². The molecule has 4 heteroatoms. The number of anilines is 2. The van der Waals surface area contributed by atoms with Crippen molar-refractivity contribution in [2.45, 2.75) is 13.8 Å². The molecule has 0 radical (unpaired) electrons. The van der Waals surface area contributed by atoms with Crippen molar-refractivity contribution < 1.29 is 4.79 Å². The topological polar surface area (TPSA) is 67.1 Å². The number of amides is 1. The van der Waals surface area contributed by atoms with Crippen LogP contribution in [-0.2, 0) is 4.79 Å². The summed E-state index contributed by atoms with van der Waals surface area (Å²) in [6.07, 6.45) is 0. The molecule has 2 aromatic rings. The maximum atomic E-state index is 11.8. The number of rotatable bonds is 2. The van der Waals surface area contributed by atoms with E-state index in [0.29, 0.717) is 11.4 Å². The molecule has 0 saturated heterocycles. The Morgan fingerprint density at radius 2 is 1.76 bits per heavy atom. The van der Waals surface area contributed by atoms with Gasteiger partial charge < -0.3 is 16.4 Å². The number of carbonyl (C=O) groups excluding carboxylic acids is 1. The Morgan fingerprint density at radius 3 is 2.43 bits per heavy atom. The largest absolute Gasteiger partial charge is 0.364 e. The number of primary amides is 1. The molecule has 106 valence electrons. The van der Waals surface area contributed by atoms with E-state index in [9.17, 15) is 4.79 Å². The summed E-state index contributed by atoms with van der Waals surface area (Å²) >= 11 is 0. The molecule has 0 atom stereocenters. The van der Waals surface area contributed by atoms with Gasteiger partial charge in [0.1, 0.15) is 5.70 Å². The Kier molecular flexibility index (Phi) is 3.14. The lowest BCUT2D eigenvalue weighted by atomic mass is 10.0. The van der Waals surface area contributed by atoms with Gasteiger partial charge in [0.15, 0.2) is 0 Å². The van der Waals surface area contributed by atoms with E-state index in [-0.39, 0.29) is 0 Å². The quantitative estimate of drug-likeness (QED) is 0.791. The highest BCUT2D eigenvalue weighted by Gasteiger charge is 2.23. The number of hydrogen-bond donors (Lipinski definition) is 3. The molecule has 0 fully saturated rings. The van der Waals surface area contributed by atoms with Gasteiger partial charge in [0.05, 0.1) is 17.1 Å². The van der Waals surface area contributed by atoms with Crippen molar-refractivity contribution in [1.29, 1.82) is 0 Å². The van der Waals surface area contributed by atoms with Crippen LogP contribution in [0.15, 0.2) is 48.2 Å². The first-order valence-electron chi connectivity index (χ1n) is 6.81. The van der Waals surface area contributed by atoms with Crippen LogP contribution in [0.5, 0.6) is 0 Å². The Balaban J connectivity index is 2.15. The number of nitrogens with two attached hydrogens (primary N) is 1. The standard InChI is InChI=1S/C17H17N3O/c1-10-8-11(2)14-13(9-10)19-16(17(18)21)15(20-14)12-6-4-3-5-7-12/h3-9,19-20H,1-2H3,(H2,18,21). The van der Waals surface area contributed by atoms with Crippen LogP contribution >= 0.6 is 0 Å². The molecule has 0 aromatic heterocycles. The van der Waals surface area contributed by atoms with Crippen LogP contribution in [-0.4, -0.2) is 5.91 Å². The van der Waals surface area contributed by atoms with E-state index >= 15 is 0 Å². The van der Waals surface area contributed by atoms with Crippen molar-refractivity contribution in [3.05, 3.63) is 64.9 Å². The molecule has 1 aliphatic heterocycles. The predicted molar refractivity (Wildman–Crippen MR) is 85.7 cm³/mol. The highest BCUT2D eigenvalue weighted by molar-refractivity contribution is 6.08. The minimum Gasteiger partial charge on any atom is -0.364 e. The van der Waals surface area contributed by atoms with E-state index in [1.165, 1.54) is 0 Å². The number of fused-ring (bicyclic) bond motifs is 1. The zero-order valence-corrected chi connectivity index (χ0v) is 12.0. The van der Waals surface area contributed by atoms with Crippen molar-refractivity contribution in [2.75, 3.05) is 10.6 Å². The first-order chi connectivity index (χ1) is 10.1. The molecule has 3 rings (SSSR count). The van der Waals surface area contributed by atoms with Crippen LogP contribution in [0.2, 0.25) is 0 Å². The average molecular weight is 279 g/mol. The first-order valence-corrected chi connectivity index (χ1v) is 6.81. The Labute approximate surface area is 123 Å². The first kappa shape index (κ1) is 13.2. The van der Waals surface area contributed by atoms with Crippen LogP contribution in [0.1, 0.15) is 16.7 Å². The molecule has 2 aromatic carbocycles. The van der Waals surface area contributed by atoms with Gasteiger partial charge in [-0.05, 0) is 31.0 Å². The lowest BCUT2D eigenvalue weighted by Gasteiger charge is -2.26. The lowest BCUT2D eigenvalue weighted by Crippen LogP contribution is -2.27. The molecule has 0 bridgehead atoms. The smallest absolute Gasteiger partial charge is 0.267 e. The molecule has 1 heterocycles. The monoisotopic (exact) mass is 279 g/mol. The third-order valence-corrected chi connectivity index (χ3v) is 3.55. The second kappa shape index (κ2) is 4.98. The SMILES string of the molecule is Cc1cc(C)c2c(c1)NC(C(N)=O)=C(c1ccccc1)N2. The molecule has 0 spiro atoms. The van der Waals surface area contributed by atoms with Crippen molar-refractivity contribution >= 4 is 23.0 Å². The number of hydrogen-bond acceptors (Lipinski definition) is 3. The van der Waals surface area contributed by atoms with Crippen LogP contribution in [0, 0.1) is 13.8 Å². The maximum Gasteiger partial charge on any atom is 0.267 e. The highest BCUT2D eigenvalue weighted by atomic mass is 16.1. The van der Waals surface area contributed by atoms with Gasteiger partial charge >= 0.3 is 0 Å². The van der Waals surface area contributed by atoms with Crippen LogP contribution < -0.4 is 16.4 Å². The van der Waals surface area contributed by atoms with E-state index < -0.39 is 5.91 Å². The number of aryl methyl sites for hydroxylation is 2. The zero-order chi connectivity index (χ0) is 15.0. The van der Waals surface area contributed by atoms with Crippen molar-refractivity contribution in [3.63, 3.8) is 0 Å². The van der Waals surface area contributed by atoms with E-state index in [4.69, 9.17) is 5.73 Å². The minimum absolute atomic E-state index is 0.388. The fourth-order valence-corrected chi connectivity index (χ4v) is 2.62. The molecule has 4 nitrogen and oxygen atoms in total. The van der Waals surface area contributed by atoms with Gasteiger partial charge in [0.25, 0.3) is 5.91 Å². The summed E-state index contributed by atoms with van der Waals surface area (Å²) in [4.78, 5) is 11.8. The molecule has 0 unspecified atom stereocenters. The van der Waals surface area contributed by atoms with E-state index in [0.717, 1.165) is 28.1 Å². The summed E-state index contributed by atoms with van der Waals surface area (Å²) in [5.74, 6) is -0.480. The molecule has 0 aliphatic carbocycles. The maximum absolute atomic E-state index is 11.8. The minimum atomic E-state index is -0.480. The molecule has 1 amide bonds. The second-order valence-electron chi connectivity index (χ2n) is 5.23. The van der Waals surface area contributed by atoms with Gasteiger partial charge in [-0.15, -0.1) is 0 Å². The van der Waals surface area contributed by atoms with Crippen molar-refractivity contribution in [3.8, 4) is 0 Å². The third kappa shape index (κ3) is 2.36. The van der Waals surface area contributed by atoms with Gasteiger partial charge in [-0.25, -0.2) is 0 Å². The lowest BCUT2D eigenvalue weighted by molar-refractivity contribution is -0.114. The second-order valence-corrected chi connectivity index (χ2v) is 5.23. The summed E-state index contributed by atoms with van der Waals surface area (Å²) in [5, 5.41) is 6.53. The van der Waals surface area contributed by atoms with Crippen molar-refractivity contribution in [1.82, 2.24) is 0 Å².